The van der Waals surface area contributed by atoms with Crippen LogP contribution in [0.4, 0.5) is 41.0 Å². The molecular weight excluding hydrogens is 495 g/mol. The fraction of sp³-hybridized carbons (Fsp3) is 0.107. The molecule has 38 heavy (non-hydrogen) atoms. The number of nitrogens with two attached hydrogens (primary N) is 1. The van der Waals surface area contributed by atoms with Gasteiger partial charge >= 0.3 is 12.2 Å². The van der Waals surface area contributed by atoms with Crippen LogP contribution in [0.3, 0.4) is 0 Å². The van der Waals surface area contributed by atoms with E-state index in [1.807, 2.05) is 0 Å². The Morgan fingerprint density at radius 2 is 1.68 bits per heavy atom. The van der Waals surface area contributed by atoms with Crippen LogP contribution in [0.25, 0.3) is 11.1 Å². The second-order valence-corrected chi connectivity index (χ2v) is 8.70. The maximum atomic E-state index is 13.4. The van der Waals surface area contributed by atoms with Crippen LogP contribution in [0, 0.1) is 0 Å². The number of urea groups is 1. The third-order valence-corrected chi connectivity index (χ3v) is 6.16. The van der Waals surface area contributed by atoms with E-state index in [4.69, 9.17) is 5.73 Å². The molecule has 4 N–H and O–H groups in total. The number of pyridine rings is 1. The number of hydrogen-bond acceptors (Lipinski definition) is 4. The molecule has 0 fully saturated rings. The summed E-state index contributed by atoms with van der Waals surface area (Å²) in [7, 11) is 0. The third kappa shape index (κ3) is 5.15. The van der Waals surface area contributed by atoms with E-state index in [0.29, 0.717) is 41.3 Å². The molecule has 0 saturated heterocycles. The minimum Gasteiger partial charge on any atom is -0.384 e. The van der Waals surface area contributed by atoms with Crippen molar-refractivity contribution in [3.05, 3.63) is 102 Å². The van der Waals surface area contributed by atoms with Crippen LogP contribution in [-0.4, -0.2) is 23.5 Å². The third-order valence-electron chi connectivity index (χ3n) is 6.16. The highest BCUT2D eigenvalue weighted by atomic mass is 19.4. The number of halogens is 3. The predicted octanol–water partition coefficient (Wildman–Crippen LogP) is 6.20. The molecule has 3 aromatic carbocycles. The summed E-state index contributed by atoms with van der Waals surface area (Å²) in [5.74, 6) is -0.0703. The van der Waals surface area contributed by atoms with Gasteiger partial charge in [0, 0.05) is 23.5 Å². The molecule has 0 bridgehead atoms. The predicted molar refractivity (Wildman–Crippen MR) is 140 cm³/mol. The smallest absolute Gasteiger partial charge is 0.384 e. The van der Waals surface area contributed by atoms with E-state index in [0.717, 1.165) is 17.7 Å². The van der Waals surface area contributed by atoms with Crippen molar-refractivity contribution in [1.82, 2.24) is 4.98 Å². The van der Waals surface area contributed by atoms with Gasteiger partial charge in [-0.2, -0.15) is 13.2 Å². The number of aromatic nitrogens is 1. The van der Waals surface area contributed by atoms with Crippen LogP contribution < -0.4 is 21.3 Å². The van der Waals surface area contributed by atoms with Gasteiger partial charge in [0.2, 0.25) is 0 Å². The molecule has 1 aromatic heterocycles. The van der Waals surface area contributed by atoms with Crippen LogP contribution in [0.15, 0.2) is 84.9 Å². The largest absolute Gasteiger partial charge is 0.416 e. The number of nitrogens with one attached hydrogen (secondary N) is 2. The number of nitrogen functional groups attached to an aromatic ring is 1. The fourth-order valence-corrected chi connectivity index (χ4v) is 4.36. The monoisotopic (exact) mass is 517 g/mol. The Morgan fingerprint density at radius 1 is 0.895 bits per heavy atom. The minimum absolute atomic E-state index is 0.0952. The molecule has 0 unspecified atom stereocenters. The van der Waals surface area contributed by atoms with Gasteiger partial charge in [-0.15, -0.1) is 0 Å². The number of carbonyl (C=O) groups excluding carboxylic acids is 2. The highest BCUT2D eigenvalue weighted by Gasteiger charge is 2.32. The summed E-state index contributed by atoms with van der Waals surface area (Å²) >= 11 is 0. The number of amides is 3. The first-order valence-corrected chi connectivity index (χ1v) is 11.7. The van der Waals surface area contributed by atoms with Crippen molar-refractivity contribution in [3.8, 4) is 11.1 Å². The van der Waals surface area contributed by atoms with Crippen LogP contribution in [-0.2, 0) is 12.6 Å². The van der Waals surface area contributed by atoms with Crippen molar-refractivity contribution in [2.75, 3.05) is 27.8 Å². The second kappa shape index (κ2) is 9.89. The second-order valence-electron chi connectivity index (χ2n) is 8.70. The van der Waals surface area contributed by atoms with Gasteiger partial charge in [0.15, 0.2) is 0 Å². The summed E-state index contributed by atoms with van der Waals surface area (Å²) < 4.78 is 40.3. The molecule has 2 heterocycles. The number of alkyl halides is 3. The summed E-state index contributed by atoms with van der Waals surface area (Å²) in [6.07, 6.45) is -4.06. The zero-order valence-corrected chi connectivity index (χ0v) is 19.9. The molecular formula is C28H22F3N5O2. The summed E-state index contributed by atoms with van der Waals surface area (Å²) in [6.45, 7) is 0.409. The van der Waals surface area contributed by atoms with E-state index in [9.17, 15) is 22.8 Å². The molecule has 1 aliphatic heterocycles. The summed E-state index contributed by atoms with van der Waals surface area (Å²) in [6, 6.07) is 21.4. The molecule has 7 nitrogen and oxygen atoms in total. The molecule has 5 rings (SSSR count). The number of carbonyl (C=O) groups is 2. The first kappa shape index (κ1) is 24.8. The van der Waals surface area contributed by atoms with Crippen LogP contribution in [0.2, 0.25) is 0 Å². The van der Waals surface area contributed by atoms with Crippen LogP contribution in [0.1, 0.15) is 21.5 Å². The number of benzene rings is 3. The molecule has 4 aromatic rings. The topological polar surface area (TPSA) is 100 Å². The van der Waals surface area contributed by atoms with E-state index in [-0.39, 0.29) is 17.4 Å². The van der Waals surface area contributed by atoms with Crippen molar-refractivity contribution in [2.45, 2.75) is 12.6 Å². The molecule has 0 radical (unpaired) electrons. The number of nitrogens with zero attached hydrogens (tertiary/aromatic N) is 2. The molecule has 3 amide bonds. The maximum absolute atomic E-state index is 13.4. The van der Waals surface area contributed by atoms with Gasteiger partial charge in [0.05, 0.1) is 5.56 Å². The van der Waals surface area contributed by atoms with Crippen molar-refractivity contribution in [3.63, 3.8) is 0 Å². The number of fused-ring (bicyclic) bond motifs is 1. The Bertz CT molecular complexity index is 1520. The van der Waals surface area contributed by atoms with Gasteiger partial charge in [-0.1, -0.05) is 42.5 Å². The Balaban J connectivity index is 1.38. The number of rotatable bonds is 4. The van der Waals surface area contributed by atoms with Gasteiger partial charge in [-0.3, -0.25) is 15.0 Å². The van der Waals surface area contributed by atoms with Crippen LogP contribution in [0.5, 0.6) is 0 Å². The highest BCUT2D eigenvalue weighted by Crippen LogP contribution is 2.35. The maximum Gasteiger partial charge on any atom is 0.416 e. The fourth-order valence-electron chi connectivity index (χ4n) is 4.36. The van der Waals surface area contributed by atoms with Gasteiger partial charge in [0.1, 0.15) is 11.6 Å². The zero-order valence-electron chi connectivity index (χ0n) is 19.9. The Labute approximate surface area is 216 Å². The average molecular weight is 518 g/mol. The molecule has 192 valence electrons. The molecule has 10 heteroatoms. The van der Waals surface area contributed by atoms with E-state index < -0.39 is 17.6 Å². The Hall–Kier alpha value is -4.86. The van der Waals surface area contributed by atoms with E-state index in [1.54, 1.807) is 71.6 Å². The Kier molecular flexibility index (Phi) is 6.46. The molecule has 0 saturated carbocycles. The number of hydrogen-bond donors (Lipinski definition) is 3. The highest BCUT2D eigenvalue weighted by molar-refractivity contribution is 6.09. The molecule has 0 spiro atoms. The molecule has 0 aliphatic carbocycles. The lowest BCUT2D eigenvalue weighted by Crippen LogP contribution is -2.33. The quantitative estimate of drug-likeness (QED) is 0.300. The normalized spacial score (nSPS) is 12.7. The Morgan fingerprint density at radius 3 is 2.42 bits per heavy atom. The van der Waals surface area contributed by atoms with Crippen molar-refractivity contribution in [2.24, 2.45) is 0 Å². The van der Waals surface area contributed by atoms with E-state index >= 15 is 0 Å². The SMILES string of the molecule is Nc1cccc(NC(=O)N2CCc3cc(NC(=O)c4cc(C(F)(F)F)ccc4-c4ccccc4)ccc32)n1. The van der Waals surface area contributed by atoms with Crippen molar-refractivity contribution in [1.29, 1.82) is 0 Å². The number of anilines is 4. The van der Waals surface area contributed by atoms with Crippen molar-refractivity contribution >= 4 is 34.9 Å². The average Bonchev–Trinajstić information content (AvgIpc) is 3.32. The van der Waals surface area contributed by atoms with E-state index in [1.165, 1.54) is 6.07 Å². The minimum atomic E-state index is -4.59. The summed E-state index contributed by atoms with van der Waals surface area (Å²) in [4.78, 5) is 31.6. The molecule has 0 atom stereocenters. The summed E-state index contributed by atoms with van der Waals surface area (Å²) in [5.41, 5.74) is 7.55. The van der Waals surface area contributed by atoms with E-state index in [2.05, 4.69) is 15.6 Å². The van der Waals surface area contributed by atoms with Gasteiger partial charge in [0.25, 0.3) is 5.91 Å². The van der Waals surface area contributed by atoms with Gasteiger partial charge in [-0.05, 0) is 65.6 Å². The van der Waals surface area contributed by atoms with Crippen LogP contribution >= 0.6 is 0 Å². The van der Waals surface area contributed by atoms with Crippen molar-refractivity contribution < 1.29 is 22.8 Å². The van der Waals surface area contributed by atoms with Gasteiger partial charge < -0.3 is 11.1 Å². The summed E-state index contributed by atoms with van der Waals surface area (Å²) in [5, 5.41) is 5.42. The lowest BCUT2D eigenvalue weighted by atomic mass is 9.96. The standard InChI is InChI=1S/C28H22F3N5O2/c29-28(30,31)19-9-11-21(17-5-2-1-3-6-17)22(16-19)26(37)33-20-10-12-23-18(15-20)13-14-36(23)27(38)35-25-8-4-7-24(32)34-25/h1-12,15-16H,13-14H2,(H,33,37)(H3,32,34,35,38). The first-order valence-electron chi connectivity index (χ1n) is 11.7. The van der Waals surface area contributed by atoms with Gasteiger partial charge in [-0.25, -0.2) is 9.78 Å². The first-order chi connectivity index (χ1) is 18.2. The lowest BCUT2D eigenvalue weighted by Gasteiger charge is -2.18. The molecule has 1 aliphatic rings. The zero-order chi connectivity index (χ0) is 26.9. The lowest BCUT2D eigenvalue weighted by molar-refractivity contribution is -0.137.